The molecule has 0 aliphatic carbocycles. The third kappa shape index (κ3) is 3.99. The van der Waals surface area contributed by atoms with Crippen molar-refractivity contribution in [3.8, 4) is 6.07 Å². The van der Waals surface area contributed by atoms with Crippen molar-refractivity contribution in [2.24, 2.45) is 5.73 Å². The number of aromatic nitrogens is 1. The van der Waals surface area contributed by atoms with Gasteiger partial charge < -0.3 is 5.73 Å². The van der Waals surface area contributed by atoms with Crippen molar-refractivity contribution in [3.63, 3.8) is 0 Å². The van der Waals surface area contributed by atoms with Gasteiger partial charge in [-0.1, -0.05) is 13.8 Å². The predicted octanol–water partition coefficient (Wildman–Crippen LogP) is 0.749. The van der Waals surface area contributed by atoms with Crippen LogP contribution in [0.3, 0.4) is 0 Å². The second kappa shape index (κ2) is 6.10. The SMILES string of the molecule is CCC(N)(CC)CNS(=O)(=O)c1cncc(C#N)c1. The molecule has 0 amide bonds. The highest BCUT2D eigenvalue weighted by molar-refractivity contribution is 7.89. The van der Waals surface area contributed by atoms with Crippen molar-refractivity contribution in [2.45, 2.75) is 37.1 Å². The Morgan fingerprint density at radius 3 is 2.58 bits per heavy atom. The fourth-order valence-electron chi connectivity index (χ4n) is 1.45. The van der Waals surface area contributed by atoms with E-state index in [1.807, 2.05) is 19.9 Å². The Hall–Kier alpha value is -1.49. The molecule has 1 aromatic rings. The summed E-state index contributed by atoms with van der Waals surface area (Å²) in [7, 11) is -3.69. The Morgan fingerprint density at radius 1 is 1.42 bits per heavy atom. The largest absolute Gasteiger partial charge is 0.324 e. The van der Waals surface area contributed by atoms with E-state index in [1.54, 1.807) is 0 Å². The third-order valence-corrected chi connectivity index (χ3v) is 4.54. The summed E-state index contributed by atoms with van der Waals surface area (Å²) in [5.41, 5.74) is 5.68. The fourth-order valence-corrected chi connectivity index (χ4v) is 2.57. The van der Waals surface area contributed by atoms with Gasteiger partial charge in [-0.15, -0.1) is 0 Å². The summed E-state index contributed by atoms with van der Waals surface area (Å²) in [6, 6.07) is 3.14. The second-order valence-corrected chi connectivity index (χ2v) is 6.18. The fraction of sp³-hybridized carbons (Fsp3) is 0.500. The molecule has 0 bridgehead atoms. The summed E-state index contributed by atoms with van der Waals surface area (Å²) in [6.45, 7) is 3.98. The van der Waals surface area contributed by atoms with Crippen LogP contribution in [0.15, 0.2) is 23.4 Å². The molecule has 7 heteroatoms. The Morgan fingerprint density at radius 2 is 2.05 bits per heavy atom. The zero-order valence-corrected chi connectivity index (χ0v) is 11.9. The molecule has 3 N–H and O–H groups in total. The summed E-state index contributed by atoms with van der Waals surface area (Å²) < 4.78 is 26.6. The van der Waals surface area contributed by atoms with E-state index < -0.39 is 15.6 Å². The highest BCUT2D eigenvalue weighted by atomic mass is 32.2. The van der Waals surface area contributed by atoms with Crippen LogP contribution >= 0.6 is 0 Å². The molecule has 0 aromatic carbocycles. The van der Waals surface area contributed by atoms with Gasteiger partial charge in [-0.05, 0) is 18.9 Å². The molecule has 0 unspecified atom stereocenters. The van der Waals surface area contributed by atoms with Crippen molar-refractivity contribution < 1.29 is 8.42 Å². The van der Waals surface area contributed by atoms with Crippen LogP contribution in [-0.4, -0.2) is 25.5 Å². The highest BCUT2D eigenvalue weighted by Gasteiger charge is 2.24. The zero-order chi connectivity index (χ0) is 14.5. The molecule has 0 atom stereocenters. The molecule has 1 heterocycles. The summed E-state index contributed by atoms with van der Waals surface area (Å²) in [5, 5.41) is 8.74. The van der Waals surface area contributed by atoms with Crippen LogP contribution in [0, 0.1) is 11.3 Å². The third-order valence-electron chi connectivity index (χ3n) is 3.18. The van der Waals surface area contributed by atoms with Gasteiger partial charge in [-0.3, -0.25) is 4.98 Å². The van der Waals surface area contributed by atoms with Crippen molar-refractivity contribution >= 4 is 10.0 Å². The first-order valence-electron chi connectivity index (χ1n) is 6.00. The number of rotatable bonds is 6. The van der Waals surface area contributed by atoms with E-state index in [2.05, 4.69) is 9.71 Å². The summed E-state index contributed by atoms with van der Waals surface area (Å²) in [6.07, 6.45) is 3.86. The monoisotopic (exact) mass is 282 g/mol. The van der Waals surface area contributed by atoms with Crippen molar-refractivity contribution in [2.75, 3.05) is 6.54 Å². The normalized spacial score (nSPS) is 12.1. The Kier molecular flexibility index (Phi) is 5.00. The molecule has 0 saturated carbocycles. The smallest absolute Gasteiger partial charge is 0.242 e. The van der Waals surface area contributed by atoms with Crippen LogP contribution < -0.4 is 10.5 Å². The topological polar surface area (TPSA) is 109 Å². The van der Waals surface area contributed by atoms with Crippen molar-refractivity contribution in [3.05, 3.63) is 24.0 Å². The molecule has 1 aromatic heterocycles. The number of hydrogen-bond donors (Lipinski definition) is 2. The molecular formula is C12H18N4O2S. The molecule has 6 nitrogen and oxygen atoms in total. The predicted molar refractivity (Wildman–Crippen MR) is 71.6 cm³/mol. The molecule has 0 fully saturated rings. The molecule has 0 aliphatic rings. The minimum absolute atomic E-state index is 0.0268. The lowest BCUT2D eigenvalue weighted by molar-refractivity contribution is 0.391. The number of nitriles is 1. The highest BCUT2D eigenvalue weighted by Crippen LogP contribution is 2.13. The van der Waals surface area contributed by atoms with Gasteiger partial charge in [0.1, 0.15) is 11.0 Å². The van der Waals surface area contributed by atoms with Crippen LogP contribution in [0.1, 0.15) is 32.3 Å². The number of pyridine rings is 1. The van der Waals surface area contributed by atoms with Gasteiger partial charge in [-0.25, -0.2) is 13.1 Å². The Labute approximate surface area is 113 Å². The van der Waals surface area contributed by atoms with Gasteiger partial charge in [0.25, 0.3) is 0 Å². The van der Waals surface area contributed by atoms with Crippen LogP contribution in [0.25, 0.3) is 0 Å². The van der Waals surface area contributed by atoms with Crippen LogP contribution in [0.5, 0.6) is 0 Å². The summed E-state index contributed by atoms with van der Waals surface area (Å²) >= 11 is 0. The van der Waals surface area contributed by atoms with E-state index in [9.17, 15) is 8.42 Å². The maximum atomic E-state index is 12.1. The molecule has 0 spiro atoms. The Balaban J connectivity index is 2.90. The van der Waals surface area contributed by atoms with E-state index >= 15 is 0 Å². The van der Waals surface area contributed by atoms with Gasteiger partial charge in [0.2, 0.25) is 10.0 Å². The van der Waals surface area contributed by atoms with Gasteiger partial charge in [0, 0.05) is 24.5 Å². The van der Waals surface area contributed by atoms with E-state index in [0.29, 0.717) is 12.8 Å². The molecule has 0 aliphatic heterocycles. The first-order chi connectivity index (χ1) is 8.87. The minimum Gasteiger partial charge on any atom is -0.324 e. The average molecular weight is 282 g/mol. The number of nitrogens with zero attached hydrogens (tertiary/aromatic N) is 2. The van der Waals surface area contributed by atoms with Gasteiger partial charge in [0.15, 0.2) is 0 Å². The molecular weight excluding hydrogens is 264 g/mol. The van der Waals surface area contributed by atoms with E-state index in [0.717, 1.165) is 0 Å². The lowest BCUT2D eigenvalue weighted by Gasteiger charge is -2.26. The van der Waals surface area contributed by atoms with Gasteiger partial charge in [-0.2, -0.15) is 5.26 Å². The minimum atomic E-state index is -3.69. The van der Waals surface area contributed by atoms with Gasteiger partial charge in [0.05, 0.1) is 5.56 Å². The van der Waals surface area contributed by atoms with Gasteiger partial charge >= 0.3 is 0 Å². The maximum Gasteiger partial charge on any atom is 0.242 e. The van der Waals surface area contributed by atoms with E-state index in [1.165, 1.54) is 18.5 Å². The first kappa shape index (κ1) is 15.6. The van der Waals surface area contributed by atoms with Crippen LogP contribution in [0.2, 0.25) is 0 Å². The quantitative estimate of drug-likeness (QED) is 0.800. The van der Waals surface area contributed by atoms with Crippen molar-refractivity contribution in [1.82, 2.24) is 9.71 Å². The maximum absolute atomic E-state index is 12.1. The second-order valence-electron chi connectivity index (χ2n) is 4.42. The summed E-state index contributed by atoms with van der Waals surface area (Å²) in [4.78, 5) is 3.71. The zero-order valence-electron chi connectivity index (χ0n) is 11.0. The Bertz CT molecular complexity index is 574. The number of nitrogens with one attached hydrogen (secondary N) is 1. The molecule has 19 heavy (non-hydrogen) atoms. The van der Waals surface area contributed by atoms with Crippen LogP contribution in [0.4, 0.5) is 0 Å². The molecule has 1 rings (SSSR count). The lowest BCUT2D eigenvalue weighted by Crippen LogP contribution is -2.49. The standard InChI is InChI=1S/C12H18N4O2S/c1-3-12(14,4-2)9-16-19(17,18)11-5-10(6-13)7-15-8-11/h5,7-8,16H,3-4,9,14H2,1-2H3. The van der Waals surface area contributed by atoms with Crippen molar-refractivity contribution in [1.29, 1.82) is 5.26 Å². The molecule has 0 saturated heterocycles. The number of hydrogen-bond acceptors (Lipinski definition) is 5. The van der Waals surface area contributed by atoms with E-state index in [-0.39, 0.29) is 17.0 Å². The lowest BCUT2D eigenvalue weighted by atomic mass is 9.95. The number of nitrogens with two attached hydrogens (primary N) is 1. The summed E-state index contributed by atoms with van der Waals surface area (Å²) in [5.74, 6) is 0. The first-order valence-corrected chi connectivity index (χ1v) is 7.49. The molecule has 104 valence electrons. The molecule has 0 radical (unpaired) electrons. The number of sulfonamides is 1. The van der Waals surface area contributed by atoms with Crippen LogP contribution in [-0.2, 0) is 10.0 Å². The van der Waals surface area contributed by atoms with E-state index in [4.69, 9.17) is 11.0 Å². The average Bonchev–Trinajstić information content (AvgIpc) is 2.45.